The third-order valence-corrected chi connectivity index (χ3v) is 4.61. The van der Waals surface area contributed by atoms with Crippen molar-refractivity contribution < 1.29 is 9.53 Å². The second kappa shape index (κ2) is 7.94. The number of thiazole rings is 1. The van der Waals surface area contributed by atoms with Gasteiger partial charge in [0.1, 0.15) is 6.61 Å². The molecule has 3 aromatic rings. The highest BCUT2D eigenvalue weighted by atomic mass is 32.1. The number of esters is 1. The predicted octanol–water partition coefficient (Wildman–Crippen LogP) is 5.11. The van der Waals surface area contributed by atoms with E-state index in [-0.39, 0.29) is 12.6 Å². The summed E-state index contributed by atoms with van der Waals surface area (Å²) in [6.07, 6.45) is 0.949. The molecule has 0 fully saturated rings. The monoisotopic (exact) mass is 352 g/mol. The largest absolute Gasteiger partial charge is 0.456 e. The molecule has 1 N–H and O–H groups in total. The highest BCUT2D eigenvalue weighted by Gasteiger charge is 2.09. The number of ether oxygens (including phenoxy) is 1. The molecule has 3 rings (SSSR count). The number of carbonyl (C=O) groups excluding carboxylic acids is 1. The van der Waals surface area contributed by atoms with Crippen molar-refractivity contribution in [3.8, 4) is 0 Å². The summed E-state index contributed by atoms with van der Waals surface area (Å²) in [4.78, 5) is 16.5. The molecular formula is C20H20N2O2S. The van der Waals surface area contributed by atoms with E-state index in [1.165, 1.54) is 22.5 Å². The molecular weight excluding hydrogens is 332 g/mol. The minimum absolute atomic E-state index is 0.167. The van der Waals surface area contributed by atoms with E-state index in [1.807, 2.05) is 41.8 Å². The average molecular weight is 352 g/mol. The van der Waals surface area contributed by atoms with Crippen LogP contribution in [0.1, 0.15) is 34.1 Å². The predicted molar refractivity (Wildman–Crippen MR) is 102 cm³/mol. The highest BCUT2D eigenvalue weighted by molar-refractivity contribution is 7.13. The maximum absolute atomic E-state index is 12.1. The number of anilines is 2. The Morgan fingerprint density at radius 2 is 1.84 bits per heavy atom. The van der Waals surface area contributed by atoms with Gasteiger partial charge in [0.25, 0.3) is 0 Å². The molecule has 5 heteroatoms. The van der Waals surface area contributed by atoms with Crippen molar-refractivity contribution >= 4 is 28.1 Å². The first-order chi connectivity index (χ1) is 12.1. The maximum atomic E-state index is 12.1. The van der Waals surface area contributed by atoms with Crippen molar-refractivity contribution in [1.29, 1.82) is 0 Å². The normalized spacial score (nSPS) is 10.5. The zero-order chi connectivity index (χ0) is 17.6. The fourth-order valence-corrected chi connectivity index (χ4v) is 3.01. The third kappa shape index (κ3) is 4.67. The second-order valence-electron chi connectivity index (χ2n) is 5.76. The Kier molecular flexibility index (Phi) is 5.46. The second-order valence-corrected chi connectivity index (χ2v) is 6.62. The van der Waals surface area contributed by atoms with E-state index in [0.717, 1.165) is 22.9 Å². The summed E-state index contributed by atoms with van der Waals surface area (Å²) in [6.45, 7) is 4.30. The number of aromatic nitrogens is 1. The van der Waals surface area contributed by atoms with Crippen LogP contribution in [0.25, 0.3) is 0 Å². The zero-order valence-electron chi connectivity index (χ0n) is 14.3. The van der Waals surface area contributed by atoms with E-state index in [1.54, 1.807) is 12.1 Å². The number of aryl methyl sites for hydroxylation is 2. The molecule has 128 valence electrons. The molecule has 0 aliphatic rings. The van der Waals surface area contributed by atoms with Gasteiger partial charge in [0.05, 0.1) is 11.3 Å². The summed E-state index contributed by atoms with van der Waals surface area (Å²) < 4.78 is 5.34. The summed E-state index contributed by atoms with van der Waals surface area (Å²) in [5.41, 5.74) is 4.69. The average Bonchev–Trinajstić information content (AvgIpc) is 3.09. The van der Waals surface area contributed by atoms with Crippen molar-refractivity contribution in [2.45, 2.75) is 26.9 Å². The van der Waals surface area contributed by atoms with Crippen LogP contribution < -0.4 is 5.32 Å². The first-order valence-electron chi connectivity index (χ1n) is 8.18. The van der Waals surface area contributed by atoms with E-state index in [4.69, 9.17) is 4.74 Å². The fraction of sp³-hybridized carbons (Fsp3) is 0.200. The van der Waals surface area contributed by atoms with Gasteiger partial charge >= 0.3 is 5.97 Å². The molecule has 0 unspecified atom stereocenters. The molecule has 0 atom stereocenters. The van der Waals surface area contributed by atoms with E-state index in [0.29, 0.717) is 5.56 Å². The quantitative estimate of drug-likeness (QED) is 0.626. The van der Waals surface area contributed by atoms with Crippen LogP contribution >= 0.6 is 11.3 Å². The molecule has 1 aromatic heterocycles. The smallest absolute Gasteiger partial charge is 0.338 e. The number of nitrogens with one attached hydrogen (secondary N) is 1. The lowest BCUT2D eigenvalue weighted by Crippen LogP contribution is -2.05. The summed E-state index contributed by atoms with van der Waals surface area (Å²) in [5, 5.41) is 5.92. The van der Waals surface area contributed by atoms with Crippen LogP contribution in [0.3, 0.4) is 0 Å². The Hall–Kier alpha value is -2.66. The van der Waals surface area contributed by atoms with E-state index >= 15 is 0 Å². The number of rotatable bonds is 6. The van der Waals surface area contributed by atoms with Gasteiger partial charge in [0.2, 0.25) is 0 Å². The molecule has 0 saturated heterocycles. The van der Waals surface area contributed by atoms with Crippen LogP contribution in [0, 0.1) is 6.92 Å². The number of hydrogen-bond acceptors (Lipinski definition) is 5. The summed E-state index contributed by atoms with van der Waals surface area (Å²) in [7, 11) is 0. The van der Waals surface area contributed by atoms with Gasteiger partial charge in [-0.25, -0.2) is 9.78 Å². The first-order valence-corrected chi connectivity index (χ1v) is 9.06. The number of nitrogens with zero attached hydrogens (tertiary/aromatic N) is 1. The Morgan fingerprint density at radius 3 is 2.52 bits per heavy atom. The lowest BCUT2D eigenvalue weighted by atomic mass is 10.1. The number of benzene rings is 2. The van der Waals surface area contributed by atoms with Crippen molar-refractivity contribution in [2.75, 3.05) is 5.32 Å². The van der Waals surface area contributed by atoms with Gasteiger partial charge in [0.15, 0.2) is 5.13 Å². The summed E-state index contributed by atoms with van der Waals surface area (Å²) in [5.74, 6) is -0.330. The van der Waals surface area contributed by atoms with Gasteiger partial charge in [-0.2, -0.15) is 0 Å². The van der Waals surface area contributed by atoms with E-state index < -0.39 is 0 Å². The van der Waals surface area contributed by atoms with Gasteiger partial charge in [-0.05, 0) is 43.2 Å². The number of carbonyl (C=O) groups is 1. The first kappa shape index (κ1) is 17.2. The highest BCUT2D eigenvalue weighted by Crippen LogP contribution is 2.21. The molecule has 0 saturated carbocycles. The van der Waals surface area contributed by atoms with Crippen LogP contribution in [-0.4, -0.2) is 11.0 Å². The molecule has 0 radical (unpaired) electrons. The molecule has 0 spiro atoms. The minimum atomic E-state index is -0.330. The third-order valence-electron chi connectivity index (χ3n) is 3.80. The fourth-order valence-electron chi connectivity index (χ4n) is 2.29. The molecule has 0 aliphatic heterocycles. The standard InChI is InChI=1S/C20H20N2O2S/c1-3-15-6-8-16(9-7-15)19(23)24-12-18-13-25-20(22-18)21-17-10-4-14(2)5-11-17/h4-11,13H,3,12H2,1-2H3,(H,21,22). The molecule has 2 aromatic carbocycles. The lowest BCUT2D eigenvalue weighted by molar-refractivity contribution is 0.0468. The zero-order valence-corrected chi connectivity index (χ0v) is 15.1. The number of hydrogen-bond donors (Lipinski definition) is 1. The topological polar surface area (TPSA) is 51.2 Å². The van der Waals surface area contributed by atoms with Crippen molar-refractivity contribution in [1.82, 2.24) is 4.98 Å². The Bertz CT molecular complexity index is 839. The molecule has 0 amide bonds. The Labute approximate surface area is 151 Å². The van der Waals surface area contributed by atoms with Gasteiger partial charge in [-0.3, -0.25) is 0 Å². The summed E-state index contributed by atoms with van der Waals surface area (Å²) >= 11 is 1.49. The van der Waals surface area contributed by atoms with Gasteiger partial charge in [-0.15, -0.1) is 11.3 Å². The lowest BCUT2D eigenvalue weighted by Gasteiger charge is -2.04. The van der Waals surface area contributed by atoms with Crippen LogP contribution in [0.5, 0.6) is 0 Å². The van der Waals surface area contributed by atoms with Crippen molar-refractivity contribution in [2.24, 2.45) is 0 Å². The van der Waals surface area contributed by atoms with Crippen LogP contribution in [-0.2, 0) is 17.8 Å². The van der Waals surface area contributed by atoms with E-state index in [2.05, 4.69) is 24.1 Å². The molecule has 0 aliphatic carbocycles. The Balaban J connectivity index is 1.55. The maximum Gasteiger partial charge on any atom is 0.338 e. The minimum Gasteiger partial charge on any atom is -0.456 e. The van der Waals surface area contributed by atoms with Crippen LogP contribution in [0.15, 0.2) is 53.9 Å². The Morgan fingerprint density at radius 1 is 1.12 bits per heavy atom. The molecule has 1 heterocycles. The van der Waals surface area contributed by atoms with Gasteiger partial charge in [0, 0.05) is 11.1 Å². The molecule has 0 bridgehead atoms. The molecule has 25 heavy (non-hydrogen) atoms. The summed E-state index contributed by atoms with van der Waals surface area (Å²) in [6, 6.07) is 15.6. The SMILES string of the molecule is CCc1ccc(C(=O)OCc2csc(Nc3ccc(C)cc3)n2)cc1. The van der Waals surface area contributed by atoms with Gasteiger partial charge < -0.3 is 10.1 Å². The van der Waals surface area contributed by atoms with Crippen LogP contribution in [0.2, 0.25) is 0 Å². The van der Waals surface area contributed by atoms with E-state index in [9.17, 15) is 4.79 Å². The molecule has 4 nitrogen and oxygen atoms in total. The van der Waals surface area contributed by atoms with Crippen LogP contribution in [0.4, 0.5) is 10.8 Å². The van der Waals surface area contributed by atoms with Gasteiger partial charge in [-0.1, -0.05) is 36.8 Å². The van der Waals surface area contributed by atoms with Crippen molar-refractivity contribution in [3.63, 3.8) is 0 Å². The van der Waals surface area contributed by atoms with Crippen molar-refractivity contribution in [3.05, 3.63) is 76.3 Å².